The molecule has 0 aromatic carbocycles. The highest BCUT2D eigenvalue weighted by atomic mass is 32.1. The zero-order valence-corrected chi connectivity index (χ0v) is 11.1. The Bertz CT molecular complexity index is 692. The number of amides is 1. The Morgan fingerprint density at radius 1 is 1.35 bits per heavy atom. The van der Waals surface area contributed by atoms with Gasteiger partial charge in [0.1, 0.15) is 0 Å². The van der Waals surface area contributed by atoms with Crippen LogP contribution < -0.4 is 5.32 Å². The van der Waals surface area contributed by atoms with E-state index in [1.54, 1.807) is 42.0 Å². The third kappa shape index (κ3) is 2.00. The van der Waals surface area contributed by atoms with Crippen molar-refractivity contribution in [2.24, 2.45) is 0 Å². The molecule has 0 saturated heterocycles. The Morgan fingerprint density at radius 2 is 2.20 bits per heavy atom. The Hall–Kier alpha value is -2.47. The summed E-state index contributed by atoms with van der Waals surface area (Å²) < 4.78 is 0. The number of aliphatic hydroxyl groups is 1. The summed E-state index contributed by atoms with van der Waals surface area (Å²) in [5.41, 5.74) is 0.732. The predicted octanol–water partition coefficient (Wildman–Crippen LogP) is 2.01. The monoisotopic (exact) mass is 286 g/mol. The molecule has 5 nitrogen and oxygen atoms in total. The molecule has 2 aromatic rings. The molecule has 0 radical (unpaired) electrons. The number of carbonyl (C=O) groups is 2. The third-order valence-corrected chi connectivity index (χ3v) is 3.91. The molecule has 0 bridgehead atoms. The number of pyridine rings is 1. The van der Waals surface area contributed by atoms with Gasteiger partial charge in [-0.3, -0.25) is 14.6 Å². The van der Waals surface area contributed by atoms with Crippen LogP contribution in [0.25, 0.3) is 0 Å². The van der Waals surface area contributed by atoms with E-state index in [1.807, 2.05) is 0 Å². The number of Topliss-reactive ketones (excluding diaryl/α,β-unsaturated/α-hetero) is 1. The van der Waals surface area contributed by atoms with E-state index >= 15 is 0 Å². The van der Waals surface area contributed by atoms with Crippen LogP contribution >= 0.6 is 11.3 Å². The molecule has 3 rings (SSSR count). The van der Waals surface area contributed by atoms with Gasteiger partial charge >= 0.3 is 0 Å². The molecule has 0 unspecified atom stereocenters. The number of aliphatic hydroxyl groups excluding tert-OH is 1. The van der Waals surface area contributed by atoms with Crippen LogP contribution in [0, 0.1) is 0 Å². The lowest BCUT2D eigenvalue weighted by Gasteiger charge is -2.13. The average molecular weight is 286 g/mol. The van der Waals surface area contributed by atoms with Crippen LogP contribution in [0.2, 0.25) is 0 Å². The second kappa shape index (κ2) is 4.90. The van der Waals surface area contributed by atoms with Crippen LogP contribution in [-0.4, -0.2) is 21.8 Å². The number of thiophene rings is 1. The first-order valence-corrected chi connectivity index (χ1v) is 6.78. The molecule has 3 heterocycles. The number of nitrogens with zero attached hydrogens (tertiary/aromatic N) is 1. The third-order valence-electron chi connectivity index (χ3n) is 3.04. The topological polar surface area (TPSA) is 79.3 Å². The molecule has 1 atom stereocenters. The molecule has 1 aliphatic heterocycles. The zero-order chi connectivity index (χ0) is 14.1. The van der Waals surface area contributed by atoms with Crippen LogP contribution in [0.5, 0.6) is 0 Å². The van der Waals surface area contributed by atoms with Gasteiger partial charge in [-0.05, 0) is 23.1 Å². The van der Waals surface area contributed by atoms with Crippen LogP contribution in [0.4, 0.5) is 0 Å². The van der Waals surface area contributed by atoms with E-state index in [0.29, 0.717) is 10.4 Å². The molecule has 2 N–H and O–H groups in total. The SMILES string of the molecule is O=C1N[C@H](c2cccnc2)C(C(=O)c2cccs2)=C1O. The van der Waals surface area contributed by atoms with Gasteiger partial charge in [0.2, 0.25) is 5.78 Å². The fraction of sp³-hybridized carbons (Fsp3) is 0.0714. The molecule has 2 aromatic heterocycles. The molecule has 100 valence electrons. The highest BCUT2D eigenvalue weighted by molar-refractivity contribution is 7.12. The summed E-state index contributed by atoms with van der Waals surface area (Å²) in [6, 6.07) is 6.21. The van der Waals surface area contributed by atoms with Gasteiger partial charge in [-0.15, -0.1) is 11.3 Å². The number of ketones is 1. The number of nitrogens with one attached hydrogen (secondary N) is 1. The minimum atomic E-state index is -0.661. The average Bonchev–Trinajstić information content (AvgIpc) is 3.09. The minimum absolute atomic E-state index is 0.0745. The first kappa shape index (κ1) is 12.6. The Morgan fingerprint density at radius 3 is 2.85 bits per heavy atom. The lowest BCUT2D eigenvalue weighted by Crippen LogP contribution is -2.23. The van der Waals surface area contributed by atoms with E-state index in [0.717, 1.165) is 0 Å². The maximum atomic E-state index is 12.4. The Labute approximate surface area is 118 Å². The summed E-state index contributed by atoms with van der Waals surface area (Å²) in [5, 5.41) is 14.3. The van der Waals surface area contributed by atoms with E-state index in [4.69, 9.17) is 0 Å². The highest BCUT2D eigenvalue weighted by Crippen LogP contribution is 2.32. The summed E-state index contributed by atoms with van der Waals surface area (Å²) in [7, 11) is 0. The minimum Gasteiger partial charge on any atom is -0.503 e. The standard InChI is InChI=1S/C14H10N2O3S/c17-12(9-4-2-6-20-9)10-11(16-14(19)13(10)18)8-3-1-5-15-7-8/h1-7,11,18H,(H,16,19)/t11-/m1/s1. The number of hydrogen-bond donors (Lipinski definition) is 2. The van der Waals surface area contributed by atoms with Crippen molar-refractivity contribution in [1.82, 2.24) is 10.3 Å². The van der Waals surface area contributed by atoms with E-state index in [9.17, 15) is 14.7 Å². The maximum Gasteiger partial charge on any atom is 0.287 e. The van der Waals surface area contributed by atoms with E-state index in [-0.39, 0.29) is 11.4 Å². The van der Waals surface area contributed by atoms with E-state index in [1.165, 1.54) is 11.3 Å². The lowest BCUT2D eigenvalue weighted by molar-refractivity contribution is -0.119. The number of aromatic nitrogens is 1. The summed E-state index contributed by atoms with van der Waals surface area (Å²) in [6.45, 7) is 0. The van der Waals surface area contributed by atoms with Gasteiger partial charge in [0, 0.05) is 12.4 Å². The molecule has 0 saturated carbocycles. The molecule has 6 heteroatoms. The summed E-state index contributed by atoms with van der Waals surface area (Å²) in [6.07, 6.45) is 3.16. The molecule has 20 heavy (non-hydrogen) atoms. The molecular formula is C14H10N2O3S. The van der Waals surface area contributed by atoms with Crippen molar-refractivity contribution in [2.45, 2.75) is 6.04 Å². The zero-order valence-electron chi connectivity index (χ0n) is 10.2. The normalized spacial score (nSPS) is 18.2. The van der Waals surface area contributed by atoms with Crippen LogP contribution in [-0.2, 0) is 4.79 Å². The number of hydrogen-bond acceptors (Lipinski definition) is 5. The van der Waals surface area contributed by atoms with Crippen LogP contribution in [0.1, 0.15) is 21.3 Å². The fourth-order valence-corrected chi connectivity index (χ4v) is 2.78. The smallest absolute Gasteiger partial charge is 0.287 e. The number of carbonyl (C=O) groups excluding carboxylic acids is 2. The van der Waals surface area contributed by atoms with Crippen molar-refractivity contribution < 1.29 is 14.7 Å². The molecule has 1 amide bonds. The van der Waals surface area contributed by atoms with Gasteiger partial charge in [0.25, 0.3) is 5.91 Å². The highest BCUT2D eigenvalue weighted by Gasteiger charge is 2.37. The Balaban J connectivity index is 2.05. The predicted molar refractivity (Wildman–Crippen MR) is 73.4 cm³/mol. The molecule has 0 fully saturated rings. The van der Waals surface area contributed by atoms with E-state index < -0.39 is 17.7 Å². The molecular weight excluding hydrogens is 276 g/mol. The first-order valence-electron chi connectivity index (χ1n) is 5.90. The summed E-state index contributed by atoms with van der Waals surface area (Å²) in [4.78, 5) is 28.5. The number of rotatable bonds is 3. The van der Waals surface area contributed by atoms with Gasteiger partial charge in [-0.2, -0.15) is 0 Å². The van der Waals surface area contributed by atoms with Crippen molar-refractivity contribution in [1.29, 1.82) is 0 Å². The van der Waals surface area contributed by atoms with Gasteiger partial charge in [0.05, 0.1) is 16.5 Å². The van der Waals surface area contributed by atoms with Gasteiger partial charge in [0.15, 0.2) is 5.76 Å². The quantitative estimate of drug-likeness (QED) is 0.846. The fourth-order valence-electron chi connectivity index (χ4n) is 2.11. The van der Waals surface area contributed by atoms with Crippen LogP contribution in [0.15, 0.2) is 53.4 Å². The van der Waals surface area contributed by atoms with Crippen molar-refractivity contribution in [3.05, 3.63) is 63.8 Å². The maximum absolute atomic E-state index is 12.4. The second-order valence-corrected chi connectivity index (χ2v) is 5.21. The molecule has 0 spiro atoms. The Kier molecular flexibility index (Phi) is 3.08. The molecule has 0 aliphatic carbocycles. The summed E-state index contributed by atoms with van der Waals surface area (Å²) in [5.74, 6) is -1.50. The van der Waals surface area contributed by atoms with Crippen LogP contribution in [0.3, 0.4) is 0 Å². The van der Waals surface area contributed by atoms with Gasteiger partial charge < -0.3 is 10.4 Å². The molecule has 1 aliphatic rings. The van der Waals surface area contributed by atoms with Crippen molar-refractivity contribution in [3.63, 3.8) is 0 Å². The summed E-state index contributed by atoms with van der Waals surface area (Å²) >= 11 is 1.27. The van der Waals surface area contributed by atoms with Crippen molar-refractivity contribution in [3.8, 4) is 0 Å². The second-order valence-electron chi connectivity index (χ2n) is 4.26. The first-order chi connectivity index (χ1) is 9.68. The largest absolute Gasteiger partial charge is 0.503 e. The van der Waals surface area contributed by atoms with E-state index in [2.05, 4.69) is 10.3 Å². The van der Waals surface area contributed by atoms with Crippen molar-refractivity contribution >= 4 is 23.0 Å². The van der Waals surface area contributed by atoms with Gasteiger partial charge in [-0.25, -0.2) is 0 Å². The van der Waals surface area contributed by atoms with Crippen molar-refractivity contribution in [2.75, 3.05) is 0 Å². The lowest BCUT2D eigenvalue weighted by atomic mass is 9.97. The van der Waals surface area contributed by atoms with Gasteiger partial charge in [-0.1, -0.05) is 12.1 Å².